The third-order valence-electron chi connectivity index (χ3n) is 5.55. The lowest BCUT2D eigenvalue weighted by atomic mass is 9.93. The molecule has 1 aliphatic heterocycles. The van der Waals surface area contributed by atoms with E-state index in [4.69, 9.17) is 15.0 Å². The second-order valence-electron chi connectivity index (χ2n) is 7.92. The largest absolute Gasteiger partial charge is 0.490 e. The highest BCUT2D eigenvalue weighted by atomic mass is 19.4. The predicted octanol–water partition coefficient (Wildman–Crippen LogP) is 3.15. The molecule has 2 N–H and O–H groups in total. The van der Waals surface area contributed by atoms with Crippen molar-refractivity contribution in [1.29, 1.82) is 0 Å². The Balaban J connectivity index is 0.000000423. The van der Waals surface area contributed by atoms with Gasteiger partial charge < -0.3 is 20.0 Å². The van der Waals surface area contributed by atoms with Crippen LogP contribution < -0.4 is 4.90 Å². The van der Waals surface area contributed by atoms with Gasteiger partial charge in [0.2, 0.25) is 0 Å². The fourth-order valence-electron chi connectivity index (χ4n) is 3.45. The number of halogens is 3. The first-order valence-corrected chi connectivity index (χ1v) is 10.4. The van der Waals surface area contributed by atoms with Crippen LogP contribution in [0.4, 0.5) is 19.0 Å². The van der Waals surface area contributed by atoms with Gasteiger partial charge in [-0.1, -0.05) is 6.92 Å². The van der Waals surface area contributed by atoms with Crippen LogP contribution >= 0.6 is 0 Å². The van der Waals surface area contributed by atoms with Crippen molar-refractivity contribution < 1.29 is 33.0 Å². The molecule has 174 valence electrons. The Kier molecular flexibility index (Phi) is 9.02. The number of hydrogen-bond acceptors (Lipinski definition) is 6. The summed E-state index contributed by atoms with van der Waals surface area (Å²) in [4.78, 5) is 32.8. The quantitative estimate of drug-likeness (QED) is 0.627. The molecule has 8 nitrogen and oxygen atoms in total. The van der Waals surface area contributed by atoms with Crippen molar-refractivity contribution in [3.8, 4) is 0 Å². The van der Waals surface area contributed by atoms with Crippen molar-refractivity contribution in [2.45, 2.75) is 45.2 Å². The summed E-state index contributed by atoms with van der Waals surface area (Å²) in [5, 5.41) is 16.0. The number of alkyl halides is 3. The number of carbonyl (C=O) groups is 2. The number of piperidine rings is 1. The first kappa shape index (κ1) is 24.8. The predicted molar refractivity (Wildman–Crippen MR) is 107 cm³/mol. The molecule has 1 aliphatic carbocycles. The van der Waals surface area contributed by atoms with Gasteiger partial charge in [-0.15, -0.1) is 0 Å². The van der Waals surface area contributed by atoms with Crippen molar-refractivity contribution in [3.63, 3.8) is 0 Å². The summed E-state index contributed by atoms with van der Waals surface area (Å²) in [6, 6.07) is 0. The maximum Gasteiger partial charge on any atom is 0.490 e. The molecule has 0 amide bonds. The topological polar surface area (TPSA) is 107 Å². The molecule has 1 saturated carbocycles. The van der Waals surface area contributed by atoms with Crippen molar-refractivity contribution in [2.24, 2.45) is 11.8 Å². The van der Waals surface area contributed by atoms with Crippen LogP contribution in [0.25, 0.3) is 0 Å². The van der Waals surface area contributed by atoms with Crippen LogP contribution in [0.1, 0.15) is 49.5 Å². The monoisotopic (exact) mass is 446 g/mol. The average Bonchev–Trinajstić information content (AvgIpc) is 3.55. The Labute approximate surface area is 179 Å². The minimum atomic E-state index is -5.08. The van der Waals surface area contributed by atoms with Crippen molar-refractivity contribution in [2.75, 3.05) is 37.6 Å². The Hall–Kier alpha value is -2.43. The van der Waals surface area contributed by atoms with E-state index < -0.39 is 18.1 Å². The SMILES string of the molecule is CCN(CCC1CCN(c2cnc(C(=O)O)cn2)CC1)CC1CC1.O=C(O)C(F)(F)F. The zero-order chi connectivity index (χ0) is 23.0. The van der Waals surface area contributed by atoms with Crippen LogP contribution in [0.3, 0.4) is 0 Å². The van der Waals surface area contributed by atoms with E-state index in [1.165, 1.54) is 57.9 Å². The number of aromatic carboxylic acids is 1. The second-order valence-corrected chi connectivity index (χ2v) is 7.92. The van der Waals surface area contributed by atoms with Crippen LogP contribution in [0.15, 0.2) is 12.4 Å². The highest BCUT2D eigenvalue weighted by Gasteiger charge is 2.38. The molecule has 2 aliphatic rings. The Morgan fingerprint density at radius 2 is 1.71 bits per heavy atom. The van der Waals surface area contributed by atoms with Gasteiger partial charge in [0.05, 0.1) is 12.4 Å². The third-order valence-corrected chi connectivity index (χ3v) is 5.55. The van der Waals surface area contributed by atoms with Crippen molar-refractivity contribution in [3.05, 3.63) is 18.1 Å². The van der Waals surface area contributed by atoms with Crippen molar-refractivity contribution in [1.82, 2.24) is 14.9 Å². The lowest BCUT2D eigenvalue weighted by Gasteiger charge is -2.33. The number of carboxylic acids is 2. The van der Waals surface area contributed by atoms with Crippen LogP contribution in [0, 0.1) is 11.8 Å². The molecule has 1 saturated heterocycles. The molecule has 0 radical (unpaired) electrons. The molecule has 0 aromatic carbocycles. The van der Waals surface area contributed by atoms with Gasteiger partial charge in [-0.3, -0.25) is 0 Å². The summed E-state index contributed by atoms with van der Waals surface area (Å²) in [6.45, 7) is 7.93. The first-order chi connectivity index (χ1) is 14.6. The lowest BCUT2D eigenvalue weighted by molar-refractivity contribution is -0.192. The van der Waals surface area contributed by atoms with E-state index in [2.05, 4.69) is 26.7 Å². The molecule has 31 heavy (non-hydrogen) atoms. The van der Waals surface area contributed by atoms with Gasteiger partial charge in [0.15, 0.2) is 5.69 Å². The van der Waals surface area contributed by atoms with E-state index >= 15 is 0 Å². The first-order valence-electron chi connectivity index (χ1n) is 10.4. The summed E-state index contributed by atoms with van der Waals surface area (Å²) in [6.07, 6.45) is 4.36. The maximum absolute atomic E-state index is 10.8. The highest BCUT2D eigenvalue weighted by Crippen LogP contribution is 2.30. The van der Waals surface area contributed by atoms with Gasteiger partial charge in [-0.05, 0) is 57.0 Å². The molecule has 0 bridgehead atoms. The van der Waals surface area contributed by atoms with E-state index in [-0.39, 0.29) is 5.69 Å². The van der Waals surface area contributed by atoms with Gasteiger partial charge in [0.25, 0.3) is 0 Å². The fourth-order valence-corrected chi connectivity index (χ4v) is 3.45. The van der Waals surface area contributed by atoms with Crippen LogP contribution in [0.2, 0.25) is 0 Å². The van der Waals surface area contributed by atoms with Gasteiger partial charge >= 0.3 is 18.1 Å². The molecule has 1 aromatic rings. The van der Waals surface area contributed by atoms with Crippen LogP contribution in [-0.4, -0.2) is 75.9 Å². The maximum atomic E-state index is 10.8. The van der Waals surface area contributed by atoms with E-state index in [0.29, 0.717) is 0 Å². The summed E-state index contributed by atoms with van der Waals surface area (Å²) in [5.41, 5.74) is 0.00366. The standard InChI is InChI=1S/C18H28N4O2.C2HF3O2/c1-2-21(13-15-3-4-15)8-5-14-6-9-22(10-7-14)17-12-19-16(11-20-17)18(23)24;3-2(4,5)1(6)7/h11-12,14-15H,2-10,13H2,1H3,(H,23,24);(H,6,7). The minimum absolute atomic E-state index is 0.00366. The molecule has 1 aromatic heterocycles. The van der Waals surface area contributed by atoms with Gasteiger partial charge in [0.1, 0.15) is 5.82 Å². The number of aliphatic carboxylic acids is 1. The van der Waals surface area contributed by atoms with E-state index in [9.17, 15) is 18.0 Å². The number of aromatic nitrogens is 2. The molecular formula is C20H29F3N4O4. The molecule has 2 heterocycles. The number of nitrogens with zero attached hydrogens (tertiary/aromatic N) is 4. The molecule has 3 rings (SSSR count). The van der Waals surface area contributed by atoms with Gasteiger partial charge in [-0.25, -0.2) is 19.6 Å². The van der Waals surface area contributed by atoms with Crippen LogP contribution in [0.5, 0.6) is 0 Å². The molecule has 0 atom stereocenters. The zero-order valence-electron chi connectivity index (χ0n) is 17.5. The number of rotatable bonds is 8. The molecule has 2 fully saturated rings. The highest BCUT2D eigenvalue weighted by molar-refractivity contribution is 5.84. The number of hydrogen-bond donors (Lipinski definition) is 2. The molecule has 11 heteroatoms. The minimum Gasteiger partial charge on any atom is -0.476 e. The van der Waals surface area contributed by atoms with E-state index in [1.54, 1.807) is 6.20 Å². The van der Waals surface area contributed by atoms with Gasteiger partial charge in [0, 0.05) is 19.6 Å². The second kappa shape index (κ2) is 11.3. The van der Waals surface area contributed by atoms with E-state index in [0.717, 1.165) is 30.7 Å². The molecular weight excluding hydrogens is 417 g/mol. The number of anilines is 1. The Morgan fingerprint density at radius 1 is 1.10 bits per heavy atom. The van der Waals surface area contributed by atoms with Gasteiger partial charge in [-0.2, -0.15) is 13.2 Å². The lowest BCUT2D eigenvalue weighted by Crippen LogP contribution is -2.36. The Bertz CT molecular complexity index is 718. The molecule has 0 unspecified atom stereocenters. The third kappa shape index (κ3) is 8.68. The van der Waals surface area contributed by atoms with E-state index in [1.807, 2.05) is 0 Å². The number of carboxylic acid groups (broad SMARTS) is 2. The Morgan fingerprint density at radius 3 is 2.13 bits per heavy atom. The smallest absolute Gasteiger partial charge is 0.476 e. The zero-order valence-corrected chi connectivity index (χ0v) is 17.5. The normalized spacial score (nSPS) is 17.3. The summed E-state index contributed by atoms with van der Waals surface area (Å²) in [5.74, 6) is -1.23. The van der Waals surface area contributed by atoms with Crippen LogP contribution in [-0.2, 0) is 4.79 Å². The molecule has 0 spiro atoms. The fraction of sp³-hybridized carbons (Fsp3) is 0.700. The van der Waals surface area contributed by atoms with Crippen molar-refractivity contribution >= 4 is 17.8 Å². The summed E-state index contributed by atoms with van der Waals surface area (Å²) < 4.78 is 31.7. The average molecular weight is 446 g/mol. The summed E-state index contributed by atoms with van der Waals surface area (Å²) >= 11 is 0. The summed E-state index contributed by atoms with van der Waals surface area (Å²) in [7, 11) is 0.